The lowest BCUT2D eigenvalue weighted by Crippen LogP contribution is -2.30. The minimum Gasteiger partial charge on any atom is -0.449 e. The number of esters is 1. The highest BCUT2D eigenvalue weighted by Gasteiger charge is 2.21. The van der Waals surface area contributed by atoms with Gasteiger partial charge in [-0.3, -0.25) is 4.79 Å². The number of hydrogen-bond donors (Lipinski definition) is 1. The minimum absolute atomic E-state index is 0.261. The number of oxazole rings is 1. The van der Waals surface area contributed by atoms with E-state index in [2.05, 4.69) is 10.3 Å². The number of aryl methyl sites for hydroxylation is 1. The zero-order valence-corrected chi connectivity index (χ0v) is 13.3. The van der Waals surface area contributed by atoms with E-state index in [9.17, 15) is 9.59 Å². The quantitative estimate of drug-likeness (QED) is 0.745. The van der Waals surface area contributed by atoms with Crippen molar-refractivity contribution in [1.29, 1.82) is 0 Å². The predicted molar refractivity (Wildman–Crippen MR) is 88.7 cm³/mol. The molecule has 0 fully saturated rings. The van der Waals surface area contributed by atoms with Crippen LogP contribution in [0.2, 0.25) is 0 Å². The number of amides is 1. The Morgan fingerprint density at radius 1 is 1.21 bits per heavy atom. The summed E-state index contributed by atoms with van der Waals surface area (Å²) in [5.74, 6) is -1.03. The number of ether oxygens (including phenoxy) is 1. The molecule has 2 aromatic carbocycles. The van der Waals surface area contributed by atoms with Gasteiger partial charge < -0.3 is 14.5 Å². The first kappa shape index (κ1) is 15.7. The first-order valence-electron chi connectivity index (χ1n) is 7.45. The summed E-state index contributed by atoms with van der Waals surface area (Å²) < 4.78 is 10.4. The number of anilines is 1. The van der Waals surface area contributed by atoms with Crippen molar-refractivity contribution in [1.82, 2.24) is 4.98 Å². The molecular formula is C18H16N2O4. The summed E-state index contributed by atoms with van der Waals surface area (Å²) >= 11 is 0. The Kier molecular flexibility index (Phi) is 4.29. The van der Waals surface area contributed by atoms with Crippen LogP contribution in [0, 0.1) is 6.92 Å². The Morgan fingerprint density at radius 3 is 2.79 bits per heavy atom. The average Bonchev–Trinajstić information content (AvgIpc) is 3.03. The predicted octanol–water partition coefficient (Wildman–Crippen LogP) is 3.32. The molecule has 6 heteroatoms. The molecule has 0 saturated heterocycles. The van der Waals surface area contributed by atoms with E-state index in [-0.39, 0.29) is 5.56 Å². The molecule has 24 heavy (non-hydrogen) atoms. The summed E-state index contributed by atoms with van der Waals surface area (Å²) in [6, 6.07) is 12.3. The van der Waals surface area contributed by atoms with Gasteiger partial charge in [-0.2, -0.15) is 0 Å². The second-order valence-electron chi connectivity index (χ2n) is 5.41. The third-order valence-electron chi connectivity index (χ3n) is 3.52. The number of rotatable bonds is 4. The zero-order chi connectivity index (χ0) is 17.1. The van der Waals surface area contributed by atoms with Crippen molar-refractivity contribution in [2.75, 3.05) is 5.32 Å². The van der Waals surface area contributed by atoms with Crippen LogP contribution in [-0.4, -0.2) is 23.0 Å². The van der Waals surface area contributed by atoms with Crippen LogP contribution >= 0.6 is 0 Å². The zero-order valence-electron chi connectivity index (χ0n) is 13.3. The van der Waals surface area contributed by atoms with Crippen molar-refractivity contribution >= 4 is 28.7 Å². The summed E-state index contributed by atoms with van der Waals surface area (Å²) in [5.41, 5.74) is 2.84. The minimum atomic E-state index is -0.944. The van der Waals surface area contributed by atoms with E-state index in [1.54, 1.807) is 24.3 Å². The number of hydrogen-bond acceptors (Lipinski definition) is 5. The molecule has 3 aromatic rings. The van der Waals surface area contributed by atoms with E-state index in [4.69, 9.17) is 9.15 Å². The van der Waals surface area contributed by atoms with E-state index in [1.165, 1.54) is 13.3 Å². The highest BCUT2D eigenvalue weighted by atomic mass is 16.5. The summed E-state index contributed by atoms with van der Waals surface area (Å²) in [6.45, 7) is 3.45. The number of nitrogens with zero attached hydrogens (tertiary/aromatic N) is 1. The molecule has 0 aliphatic heterocycles. The highest BCUT2D eigenvalue weighted by molar-refractivity contribution is 6.03. The standard InChI is InChI=1S/C18H16N2O4/c1-11-5-3-6-13(9-11)20-17(21)12(2)24-18(22)14-7-4-8-15-16(14)19-10-23-15/h3-10,12H,1-2H3,(H,20,21). The third-order valence-corrected chi connectivity index (χ3v) is 3.52. The summed E-state index contributed by atoms with van der Waals surface area (Å²) in [5, 5.41) is 2.72. The lowest BCUT2D eigenvalue weighted by molar-refractivity contribution is -0.123. The van der Waals surface area contributed by atoms with E-state index < -0.39 is 18.0 Å². The maximum atomic E-state index is 12.3. The van der Waals surface area contributed by atoms with Crippen molar-refractivity contribution < 1.29 is 18.7 Å². The van der Waals surface area contributed by atoms with Crippen molar-refractivity contribution in [2.24, 2.45) is 0 Å². The molecule has 1 aromatic heterocycles. The molecule has 1 N–H and O–H groups in total. The first-order chi connectivity index (χ1) is 11.5. The number of benzene rings is 2. The Morgan fingerprint density at radius 2 is 2.00 bits per heavy atom. The number of carbonyl (C=O) groups excluding carboxylic acids is 2. The lowest BCUT2D eigenvalue weighted by atomic mass is 10.2. The van der Waals surface area contributed by atoms with Crippen molar-refractivity contribution in [3.8, 4) is 0 Å². The van der Waals surface area contributed by atoms with Crippen LogP contribution in [0.3, 0.4) is 0 Å². The fourth-order valence-electron chi connectivity index (χ4n) is 2.30. The molecular weight excluding hydrogens is 308 g/mol. The summed E-state index contributed by atoms with van der Waals surface area (Å²) in [7, 11) is 0. The van der Waals surface area contributed by atoms with E-state index in [0.29, 0.717) is 16.8 Å². The SMILES string of the molecule is Cc1cccc(NC(=O)C(C)OC(=O)c2cccc3ocnc23)c1. The van der Waals surface area contributed by atoms with Crippen molar-refractivity contribution in [2.45, 2.75) is 20.0 Å². The normalized spacial score (nSPS) is 11.9. The monoisotopic (exact) mass is 324 g/mol. The van der Waals surface area contributed by atoms with Gasteiger partial charge in [0.05, 0.1) is 5.56 Å². The maximum absolute atomic E-state index is 12.3. The van der Waals surface area contributed by atoms with E-state index >= 15 is 0 Å². The average molecular weight is 324 g/mol. The van der Waals surface area contributed by atoms with E-state index in [1.807, 2.05) is 25.1 Å². The summed E-state index contributed by atoms with van der Waals surface area (Å²) in [6.07, 6.45) is 0.315. The van der Waals surface area contributed by atoms with Crippen molar-refractivity contribution in [3.05, 3.63) is 60.0 Å². The largest absolute Gasteiger partial charge is 0.449 e. The Balaban J connectivity index is 1.69. The molecule has 0 aliphatic carbocycles. The maximum Gasteiger partial charge on any atom is 0.341 e. The molecule has 1 unspecified atom stereocenters. The van der Waals surface area contributed by atoms with Gasteiger partial charge >= 0.3 is 5.97 Å². The molecule has 0 saturated carbocycles. The van der Waals surface area contributed by atoms with Crippen LogP contribution < -0.4 is 5.32 Å². The van der Waals surface area contributed by atoms with Crippen LogP contribution in [0.5, 0.6) is 0 Å². The van der Waals surface area contributed by atoms with Crippen LogP contribution in [0.25, 0.3) is 11.1 Å². The third kappa shape index (κ3) is 3.27. The number of carbonyl (C=O) groups is 2. The Labute approximate surface area is 138 Å². The number of nitrogens with one attached hydrogen (secondary N) is 1. The molecule has 0 aliphatic rings. The lowest BCUT2D eigenvalue weighted by Gasteiger charge is -2.14. The fourth-order valence-corrected chi connectivity index (χ4v) is 2.30. The Bertz CT molecular complexity index is 901. The second kappa shape index (κ2) is 6.54. The Hall–Kier alpha value is -3.15. The van der Waals surface area contributed by atoms with Gasteiger partial charge in [0, 0.05) is 5.69 Å². The molecule has 3 rings (SSSR count). The van der Waals surface area contributed by atoms with Crippen LogP contribution in [0.15, 0.2) is 53.3 Å². The van der Waals surface area contributed by atoms with Crippen LogP contribution in [-0.2, 0) is 9.53 Å². The first-order valence-corrected chi connectivity index (χ1v) is 7.45. The number of fused-ring (bicyclic) bond motifs is 1. The van der Waals surface area contributed by atoms with Gasteiger partial charge in [0.25, 0.3) is 5.91 Å². The van der Waals surface area contributed by atoms with Crippen LogP contribution in [0.1, 0.15) is 22.8 Å². The summed E-state index contributed by atoms with van der Waals surface area (Å²) in [4.78, 5) is 28.5. The smallest absolute Gasteiger partial charge is 0.341 e. The van der Waals surface area contributed by atoms with E-state index in [0.717, 1.165) is 5.56 Å². The molecule has 6 nitrogen and oxygen atoms in total. The van der Waals surface area contributed by atoms with Crippen LogP contribution in [0.4, 0.5) is 5.69 Å². The molecule has 1 heterocycles. The highest BCUT2D eigenvalue weighted by Crippen LogP contribution is 2.18. The molecule has 0 bridgehead atoms. The number of aromatic nitrogens is 1. The molecule has 1 atom stereocenters. The van der Waals surface area contributed by atoms with Gasteiger partial charge in [0.15, 0.2) is 18.1 Å². The van der Waals surface area contributed by atoms with Gasteiger partial charge in [0.2, 0.25) is 0 Å². The number of para-hydroxylation sites is 1. The van der Waals surface area contributed by atoms with Gasteiger partial charge in [0.1, 0.15) is 5.52 Å². The molecule has 1 amide bonds. The molecule has 0 radical (unpaired) electrons. The van der Waals surface area contributed by atoms with Crippen molar-refractivity contribution in [3.63, 3.8) is 0 Å². The topological polar surface area (TPSA) is 81.4 Å². The van der Waals surface area contributed by atoms with Gasteiger partial charge in [-0.05, 0) is 43.7 Å². The molecule has 122 valence electrons. The molecule has 0 spiro atoms. The fraction of sp³-hybridized carbons (Fsp3) is 0.167. The van der Waals surface area contributed by atoms with Gasteiger partial charge in [-0.15, -0.1) is 0 Å². The second-order valence-corrected chi connectivity index (χ2v) is 5.41. The van der Waals surface area contributed by atoms with Gasteiger partial charge in [-0.1, -0.05) is 18.2 Å². The van der Waals surface area contributed by atoms with Gasteiger partial charge in [-0.25, -0.2) is 9.78 Å².